The molecule has 1 saturated carbocycles. The van der Waals surface area contributed by atoms with Crippen LogP contribution < -0.4 is 10.1 Å². The minimum absolute atomic E-state index is 0.112. The Morgan fingerprint density at radius 3 is 2.67 bits per heavy atom. The quantitative estimate of drug-likeness (QED) is 0.639. The normalized spacial score (nSPS) is 22.0. The summed E-state index contributed by atoms with van der Waals surface area (Å²) in [6, 6.07) is 7.40. The predicted octanol–water partition coefficient (Wildman–Crippen LogP) is 3.88. The van der Waals surface area contributed by atoms with Gasteiger partial charge in [-0.25, -0.2) is 8.42 Å². The molecule has 1 aromatic heterocycles. The third-order valence-corrected chi connectivity index (χ3v) is 9.83. The molecule has 1 unspecified atom stereocenters. The minimum Gasteiger partial charge on any atom is -0.495 e. The number of hydrogen-bond acceptors (Lipinski definition) is 6. The van der Waals surface area contributed by atoms with Gasteiger partial charge in [0.15, 0.2) is 0 Å². The Morgan fingerprint density at radius 1 is 1.15 bits per heavy atom. The second kappa shape index (κ2) is 9.37. The van der Waals surface area contributed by atoms with E-state index in [4.69, 9.17) is 4.74 Å². The second-order valence-corrected chi connectivity index (χ2v) is 12.1. The van der Waals surface area contributed by atoms with Gasteiger partial charge >= 0.3 is 0 Å². The minimum atomic E-state index is -3.68. The van der Waals surface area contributed by atoms with E-state index < -0.39 is 10.0 Å². The molecule has 2 aliphatic heterocycles. The van der Waals surface area contributed by atoms with Gasteiger partial charge in [0.1, 0.15) is 10.6 Å². The molecule has 0 spiro atoms. The number of methoxy groups -OCH3 is 1. The fourth-order valence-electron chi connectivity index (χ4n) is 5.12. The highest BCUT2D eigenvalue weighted by Crippen LogP contribution is 2.48. The summed E-state index contributed by atoms with van der Waals surface area (Å²) in [5.41, 5.74) is 1.87. The molecule has 1 saturated heterocycles. The molecule has 1 atom stereocenters. The van der Waals surface area contributed by atoms with Gasteiger partial charge in [-0.15, -0.1) is 11.3 Å². The zero-order valence-electron chi connectivity index (χ0n) is 19.0. The van der Waals surface area contributed by atoms with Crippen LogP contribution in [0.1, 0.15) is 48.6 Å². The van der Waals surface area contributed by atoms with Gasteiger partial charge in [-0.2, -0.15) is 4.31 Å². The van der Waals surface area contributed by atoms with Crippen LogP contribution in [0, 0.1) is 5.92 Å². The van der Waals surface area contributed by atoms with Crippen LogP contribution in [0.4, 0.5) is 5.69 Å². The summed E-state index contributed by atoms with van der Waals surface area (Å²) in [6.07, 6.45) is 6.18. The molecule has 9 heteroatoms. The predicted molar refractivity (Wildman–Crippen MR) is 129 cm³/mol. The summed E-state index contributed by atoms with van der Waals surface area (Å²) in [4.78, 5) is 16.8. The van der Waals surface area contributed by atoms with E-state index in [0.29, 0.717) is 43.0 Å². The van der Waals surface area contributed by atoms with Crippen molar-refractivity contribution in [2.24, 2.45) is 5.92 Å². The van der Waals surface area contributed by atoms with Crippen molar-refractivity contribution in [3.05, 3.63) is 40.1 Å². The van der Waals surface area contributed by atoms with Crippen LogP contribution in [0.25, 0.3) is 0 Å². The maximum Gasteiger partial charge on any atom is 0.246 e. The lowest BCUT2D eigenvalue weighted by atomic mass is 9.96. The lowest BCUT2D eigenvalue weighted by Gasteiger charge is -2.35. The number of carbonyl (C=O) groups excluding carboxylic acids is 1. The maximum atomic E-state index is 13.3. The van der Waals surface area contributed by atoms with Crippen molar-refractivity contribution in [1.82, 2.24) is 9.21 Å². The van der Waals surface area contributed by atoms with E-state index in [1.165, 1.54) is 40.8 Å². The molecule has 2 aromatic rings. The maximum absolute atomic E-state index is 13.3. The van der Waals surface area contributed by atoms with Gasteiger partial charge < -0.3 is 10.1 Å². The Kier molecular flexibility index (Phi) is 6.48. The molecule has 1 aromatic carbocycles. The van der Waals surface area contributed by atoms with Crippen molar-refractivity contribution in [2.45, 2.75) is 49.5 Å². The molecule has 3 heterocycles. The van der Waals surface area contributed by atoms with Crippen LogP contribution in [0.3, 0.4) is 0 Å². The molecule has 0 radical (unpaired) electrons. The van der Waals surface area contributed by atoms with Gasteiger partial charge in [-0.1, -0.05) is 6.42 Å². The largest absolute Gasteiger partial charge is 0.495 e. The van der Waals surface area contributed by atoms with Crippen molar-refractivity contribution in [3.63, 3.8) is 0 Å². The van der Waals surface area contributed by atoms with Gasteiger partial charge in [0.25, 0.3) is 0 Å². The number of thiophene rings is 1. The number of rotatable bonds is 7. The fraction of sp³-hybridized carbons (Fsp3) is 0.542. The first-order valence-corrected chi connectivity index (χ1v) is 14.1. The molecule has 5 rings (SSSR count). The van der Waals surface area contributed by atoms with E-state index in [2.05, 4.69) is 21.7 Å². The number of benzene rings is 1. The Bertz CT molecular complexity index is 1120. The SMILES string of the molecule is COc1ccc(NC(=O)CN2CCc3sccc3C2C2CC2)cc1S(=O)(=O)N1CCCCC1. The number of ether oxygens (including phenoxy) is 1. The first kappa shape index (κ1) is 22.8. The molecule has 0 bridgehead atoms. The van der Waals surface area contributed by atoms with Crippen molar-refractivity contribution in [2.75, 3.05) is 38.6 Å². The van der Waals surface area contributed by atoms with E-state index in [1.54, 1.807) is 12.1 Å². The summed E-state index contributed by atoms with van der Waals surface area (Å²) in [5, 5.41) is 5.10. The molecule has 1 N–H and O–H groups in total. The van der Waals surface area contributed by atoms with Gasteiger partial charge in [0, 0.05) is 36.2 Å². The zero-order valence-corrected chi connectivity index (χ0v) is 20.6. The molecular weight excluding hydrogens is 458 g/mol. The molecule has 33 heavy (non-hydrogen) atoms. The summed E-state index contributed by atoms with van der Waals surface area (Å²) >= 11 is 1.82. The highest BCUT2D eigenvalue weighted by Gasteiger charge is 2.40. The lowest BCUT2D eigenvalue weighted by molar-refractivity contribution is -0.118. The molecule has 3 aliphatic rings. The van der Waals surface area contributed by atoms with Crippen LogP contribution in [0.5, 0.6) is 5.75 Å². The summed E-state index contributed by atoms with van der Waals surface area (Å²) in [6.45, 7) is 2.21. The van der Waals surface area contributed by atoms with E-state index >= 15 is 0 Å². The number of sulfonamides is 1. The number of anilines is 1. The van der Waals surface area contributed by atoms with Crippen LogP contribution in [-0.2, 0) is 21.2 Å². The Balaban J connectivity index is 1.32. The molecular formula is C24H31N3O4S2. The molecule has 178 valence electrons. The topological polar surface area (TPSA) is 79.0 Å². The lowest BCUT2D eigenvalue weighted by Crippen LogP contribution is -2.41. The van der Waals surface area contributed by atoms with Gasteiger partial charge in [-0.05, 0) is 73.2 Å². The number of amides is 1. The molecule has 7 nitrogen and oxygen atoms in total. The third-order valence-electron chi connectivity index (χ3n) is 6.91. The number of hydrogen-bond donors (Lipinski definition) is 1. The molecule has 1 aliphatic carbocycles. The summed E-state index contributed by atoms with van der Waals surface area (Å²) in [7, 11) is -2.21. The van der Waals surface area contributed by atoms with E-state index in [-0.39, 0.29) is 10.8 Å². The molecule has 1 amide bonds. The zero-order chi connectivity index (χ0) is 23.0. The Labute approximate surface area is 199 Å². The van der Waals surface area contributed by atoms with Crippen molar-refractivity contribution < 1.29 is 17.9 Å². The third kappa shape index (κ3) is 4.69. The van der Waals surface area contributed by atoms with Crippen molar-refractivity contribution >= 4 is 33.0 Å². The Morgan fingerprint density at radius 2 is 1.94 bits per heavy atom. The van der Waals surface area contributed by atoms with Crippen LogP contribution in [0.15, 0.2) is 34.5 Å². The summed E-state index contributed by atoms with van der Waals surface area (Å²) < 4.78 is 33.4. The van der Waals surface area contributed by atoms with Crippen LogP contribution >= 0.6 is 11.3 Å². The van der Waals surface area contributed by atoms with E-state index in [9.17, 15) is 13.2 Å². The van der Waals surface area contributed by atoms with Crippen LogP contribution in [-0.4, -0.2) is 56.8 Å². The second-order valence-electron chi connectivity index (χ2n) is 9.18. The number of fused-ring (bicyclic) bond motifs is 1. The number of nitrogens with zero attached hydrogens (tertiary/aromatic N) is 2. The Hall–Kier alpha value is -1.94. The first-order chi connectivity index (χ1) is 16.0. The highest BCUT2D eigenvalue weighted by atomic mass is 32.2. The van der Waals surface area contributed by atoms with Crippen LogP contribution in [0.2, 0.25) is 0 Å². The number of piperidine rings is 1. The van der Waals surface area contributed by atoms with Gasteiger partial charge in [-0.3, -0.25) is 9.69 Å². The highest BCUT2D eigenvalue weighted by molar-refractivity contribution is 7.89. The van der Waals surface area contributed by atoms with Crippen molar-refractivity contribution in [3.8, 4) is 5.75 Å². The standard InChI is InChI=1S/C24H31N3O4S2/c1-31-20-8-7-18(15-22(20)33(29,30)27-11-3-2-4-12-27)25-23(28)16-26-13-9-21-19(10-14-32-21)24(26)17-5-6-17/h7-8,10,14-15,17,24H,2-6,9,11-13,16H2,1H3,(H,25,28). The smallest absolute Gasteiger partial charge is 0.246 e. The average Bonchev–Trinajstić information content (AvgIpc) is 3.55. The van der Waals surface area contributed by atoms with E-state index in [0.717, 1.165) is 32.2 Å². The monoisotopic (exact) mass is 489 g/mol. The van der Waals surface area contributed by atoms with Gasteiger partial charge in [0.2, 0.25) is 15.9 Å². The fourth-order valence-corrected chi connectivity index (χ4v) is 7.74. The molecule has 2 fully saturated rings. The van der Waals surface area contributed by atoms with Gasteiger partial charge in [0.05, 0.1) is 13.7 Å². The first-order valence-electron chi connectivity index (χ1n) is 11.8. The van der Waals surface area contributed by atoms with E-state index in [1.807, 2.05) is 11.3 Å². The number of nitrogens with one attached hydrogen (secondary N) is 1. The van der Waals surface area contributed by atoms with Crippen molar-refractivity contribution in [1.29, 1.82) is 0 Å². The summed E-state index contributed by atoms with van der Waals surface area (Å²) in [5.74, 6) is 0.813. The number of carbonyl (C=O) groups is 1. The average molecular weight is 490 g/mol.